The first-order valence-electron chi connectivity index (χ1n) is 13.8. The Morgan fingerprint density at radius 1 is 1.14 bits per heavy atom. The number of carbonyl (C=O) groups is 4. The van der Waals surface area contributed by atoms with Gasteiger partial charge in [-0.05, 0) is 55.9 Å². The molecule has 0 aromatic heterocycles. The summed E-state index contributed by atoms with van der Waals surface area (Å²) in [5.41, 5.74) is -0.263. The van der Waals surface area contributed by atoms with Crippen molar-refractivity contribution < 1.29 is 33.8 Å². The van der Waals surface area contributed by atoms with E-state index in [2.05, 4.69) is 15.7 Å². The molecule has 224 valence electrons. The fourth-order valence-electron chi connectivity index (χ4n) is 5.57. The highest BCUT2D eigenvalue weighted by Gasteiger charge is 2.54. The number of hydrogen-bond acceptors (Lipinski definition) is 6. The van der Waals surface area contributed by atoms with Crippen molar-refractivity contribution in [1.82, 2.24) is 20.5 Å². The van der Waals surface area contributed by atoms with Gasteiger partial charge in [0.1, 0.15) is 22.8 Å². The van der Waals surface area contributed by atoms with E-state index >= 15 is 0 Å². The molecule has 2 heterocycles. The van der Waals surface area contributed by atoms with Gasteiger partial charge in [-0.15, -0.1) is 0 Å². The summed E-state index contributed by atoms with van der Waals surface area (Å²) in [6.45, 7) is 2.75. The molecule has 12 heteroatoms. The third kappa shape index (κ3) is 6.43. The van der Waals surface area contributed by atoms with Crippen LogP contribution in [0.3, 0.4) is 0 Å². The molecule has 2 aliphatic heterocycles. The van der Waals surface area contributed by atoms with E-state index in [0.717, 1.165) is 5.56 Å². The number of nitrogens with one attached hydrogen (secondary N) is 2. The van der Waals surface area contributed by atoms with Crippen LogP contribution in [0.5, 0.6) is 0 Å². The lowest BCUT2D eigenvalue weighted by Crippen LogP contribution is -2.61. The van der Waals surface area contributed by atoms with Gasteiger partial charge in [-0.1, -0.05) is 42.5 Å². The third-order valence-electron chi connectivity index (χ3n) is 7.85. The lowest BCUT2D eigenvalue weighted by molar-refractivity contribution is -0.142. The number of likely N-dealkylation sites (tertiary alicyclic amines) is 1. The van der Waals surface area contributed by atoms with E-state index in [-0.39, 0.29) is 44.0 Å². The van der Waals surface area contributed by atoms with E-state index in [1.54, 1.807) is 7.05 Å². The molecule has 2 aromatic rings. The van der Waals surface area contributed by atoms with Crippen LogP contribution < -0.4 is 10.6 Å². The molecule has 4 N–H and O–H groups in total. The first kappa shape index (κ1) is 30.6. The summed E-state index contributed by atoms with van der Waals surface area (Å²) < 4.78 is 14.6. The highest BCUT2D eigenvalue weighted by atomic mass is 19.1. The molecular weight excluding hydrogens is 545 g/mol. The Balaban J connectivity index is 1.62. The Bertz CT molecular complexity index is 1400. The summed E-state index contributed by atoms with van der Waals surface area (Å²) in [5, 5.41) is 29.3. The number of benzene rings is 2. The number of amides is 4. The lowest BCUT2D eigenvalue weighted by Gasteiger charge is -2.41. The van der Waals surface area contributed by atoms with Gasteiger partial charge in [0.15, 0.2) is 0 Å². The van der Waals surface area contributed by atoms with E-state index in [4.69, 9.17) is 0 Å². The number of piperidine rings is 1. The highest BCUT2D eigenvalue weighted by Crippen LogP contribution is 2.38. The maximum absolute atomic E-state index is 14.6. The third-order valence-corrected chi connectivity index (χ3v) is 7.85. The van der Waals surface area contributed by atoms with Crippen LogP contribution in [0.25, 0.3) is 0 Å². The topological polar surface area (TPSA) is 152 Å². The van der Waals surface area contributed by atoms with Gasteiger partial charge in [0.25, 0.3) is 5.91 Å². The Labute approximate surface area is 243 Å². The summed E-state index contributed by atoms with van der Waals surface area (Å²) in [4.78, 5) is 53.5. The Morgan fingerprint density at radius 3 is 2.52 bits per heavy atom. The van der Waals surface area contributed by atoms with E-state index in [1.807, 2.05) is 30.3 Å². The van der Waals surface area contributed by atoms with Crippen LogP contribution >= 0.6 is 0 Å². The van der Waals surface area contributed by atoms with Crippen LogP contribution in [0.15, 0.2) is 53.6 Å². The molecule has 4 amide bonds. The van der Waals surface area contributed by atoms with Crippen molar-refractivity contribution >= 4 is 29.5 Å². The number of carboxylic acid groups (broad SMARTS) is 1. The molecule has 1 saturated heterocycles. The molecule has 11 nitrogen and oxygen atoms in total. The maximum Gasteiger partial charge on any atom is 0.405 e. The maximum atomic E-state index is 14.6. The quantitative estimate of drug-likeness (QED) is 0.337. The summed E-state index contributed by atoms with van der Waals surface area (Å²) in [6, 6.07) is 12.5. The fourth-order valence-corrected chi connectivity index (χ4v) is 5.57. The summed E-state index contributed by atoms with van der Waals surface area (Å²) in [5.74, 6) is -1.95. The lowest BCUT2D eigenvalue weighted by atomic mass is 9.73. The molecule has 0 radical (unpaired) electrons. The van der Waals surface area contributed by atoms with Gasteiger partial charge < -0.3 is 25.7 Å². The van der Waals surface area contributed by atoms with Crippen molar-refractivity contribution in [2.45, 2.75) is 57.7 Å². The number of hydrazone groups is 1. The highest BCUT2D eigenvalue weighted by molar-refractivity contribution is 6.13. The predicted molar refractivity (Wildman–Crippen MR) is 152 cm³/mol. The zero-order valence-corrected chi connectivity index (χ0v) is 23.9. The van der Waals surface area contributed by atoms with Gasteiger partial charge in [0, 0.05) is 26.6 Å². The largest absolute Gasteiger partial charge is 0.465 e. The number of aryl methyl sites for hydroxylation is 1. The standard InChI is InChI=1S/C30H36FN5O6/c1-29(2,33-28(41)42)26(39)32-23(12-10-21-15-20(17-37)9-11-22(21)31)25(38)36-14-13-24-30(18-36,27(40)35(3)34-24)16-19-7-5-4-6-8-19/h4-9,11,15,23,33,37H,10,12-14,16-18H2,1-3H3,(H,32,39)(H,41,42)/t23?,30-/m1/s1. The number of rotatable bonds is 10. The van der Waals surface area contributed by atoms with Crippen molar-refractivity contribution in [2.24, 2.45) is 10.5 Å². The minimum Gasteiger partial charge on any atom is -0.465 e. The van der Waals surface area contributed by atoms with Gasteiger partial charge in [0.05, 0.1) is 12.3 Å². The summed E-state index contributed by atoms with van der Waals surface area (Å²) in [7, 11) is 1.59. The molecule has 1 unspecified atom stereocenters. The molecular formula is C30H36FN5O6. The zero-order valence-electron chi connectivity index (χ0n) is 23.9. The van der Waals surface area contributed by atoms with Crippen LogP contribution in [0.2, 0.25) is 0 Å². The first-order chi connectivity index (χ1) is 19.9. The SMILES string of the molecule is CN1N=C2CCN(C(=O)C(CCc3cc(CO)ccc3F)NC(=O)C(C)(C)NC(=O)O)C[C@@]2(Cc2ccccc2)C1=O. The minimum atomic E-state index is -1.56. The van der Waals surface area contributed by atoms with E-state index in [9.17, 15) is 33.8 Å². The van der Waals surface area contributed by atoms with Gasteiger partial charge in [-0.3, -0.25) is 14.4 Å². The van der Waals surface area contributed by atoms with Crippen LogP contribution in [-0.4, -0.2) is 81.4 Å². The van der Waals surface area contributed by atoms with Crippen LogP contribution in [0.1, 0.15) is 43.4 Å². The van der Waals surface area contributed by atoms with Crippen molar-refractivity contribution in [3.63, 3.8) is 0 Å². The van der Waals surface area contributed by atoms with Crippen molar-refractivity contribution in [3.8, 4) is 0 Å². The predicted octanol–water partition coefficient (Wildman–Crippen LogP) is 2.07. The van der Waals surface area contributed by atoms with Gasteiger partial charge >= 0.3 is 6.09 Å². The summed E-state index contributed by atoms with van der Waals surface area (Å²) >= 11 is 0. The number of nitrogens with zero attached hydrogens (tertiary/aromatic N) is 3. The number of hydrogen-bond donors (Lipinski definition) is 4. The van der Waals surface area contributed by atoms with Crippen molar-refractivity contribution in [3.05, 3.63) is 71.0 Å². The van der Waals surface area contributed by atoms with Crippen LogP contribution in [0, 0.1) is 11.2 Å². The monoisotopic (exact) mass is 581 g/mol. The van der Waals surface area contributed by atoms with Gasteiger partial charge in [-0.2, -0.15) is 5.10 Å². The summed E-state index contributed by atoms with van der Waals surface area (Å²) in [6.07, 6.45) is -0.660. The molecule has 2 aliphatic rings. The molecule has 0 bridgehead atoms. The number of aliphatic hydroxyl groups excluding tert-OH is 1. The van der Waals surface area contributed by atoms with Crippen molar-refractivity contribution in [2.75, 3.05) is 20.1 Å². The smallest absolute Gasteiger partial charge is 0.405 e. The van der Waals surface area contributed by atoms with Gasteiger partial charge in [-0.25, -0.2) is 14.2 Å². The first-order valence-corrected chi connectivity index (χ1v) is 13.8. The second-order valence-corrected chi connectivity index (χ2v) is 11.3. The number of aliphatic hydroxyl groups is 1. The number of carbonyl (C=O) groups excluding carboxylic acids is 3. The average molecular weight is 582 g/mol. The fraction of sp³-hybridized carbons (Fsp3) is 0.433. The normalized spacial score (nSPS) is 19.2. The second-order valence-electron chi connectivity index (χ2n) is 11.3. The number of fused-ring (bicyclic) bond motifs is 1. The van der Waals surface area contributed by atoms with Crippen LogP contribution in [-0.2, 0) is 33.8 Å². The Morgan fingerprint density at radius 2 is 1.86 bits per heavy atom. The Hall–Kier alpha value is -4.32. The molecule has 4 rings (SSSR count). The van der Waals surface area contributed by atoms with E-state index in [1.165, 1.54) is 42.0 Å². The molecule has 0 spiro atoms. The molecule has 0 saturated carbocycles. The second kappa shape index (κ2) is 12.3. The Kier molecular flexibility index (Phi) is 8.95. The number of halogens is 1. The van der Waals surface area contributed by atoms with E-state index in [0.29, 0.717) is 24.1 Å². The minimum absolute atomic E-state index is 0.00346. The average Bonchev–Trinajstić information content (AvgIpc) is 3.19. The van der Waals surface area contributed by atoms with E-state index < -0.39 is 40.7 Å². The zero-order chi connectivity index (χ0) is 30.7. The van der Waals surface area contributed by atoms with Gasteiger partial charge in [0.2, 0.25) is 11.8 Å². The molecule has 2 atom stereocenters. The molecule has 0 aliphatic carbocycles. The molecule has 42 heavy (non-hydrogen) atoms. The molecule has 1 fully saturated rings. The molecule has 2 aromatic carbocycles. The van der Waals surface area contributed by atoms with Crippen LogP contribution in [0.4, 0.5) is 9.18 Å². The van der Waals surface area contributed by atoms with Crippen molar-refractivity contribution in [1.29, 1.82) is 0 Å².